The van der Waals surface area contributed by atoms with E-state index in [-0.39, 0.29) is 11.4 Å². The van der Waals surface area contributed by atoms with Crippen molar-refractivity contribution in [3.05, 3.63) is 57.7 Å². The fourth-order valence-electron chi connectivity index (χ4n) is 1.68. The molecule has 0 amide bonds. The van der Waals surface area contributed by atoms with Gasteiger partial charge in [0.15, 0.2) is 0 Å². The molecule has 4 nitrogen and oxygen atoms in total. The van der Waals surface area contributed by atoms with E-state index < -0.39 is 10.0 Å². The molecule has 0 unspecified atom stereocenters. The van der Waals surface area contributed by atoms with Crippen LogP contribution < -0.4 is 10.5 Å². The van der Waals surface area contributed by atoms with Crippen LogP contribution >= 0.6 is 22.6 Å². The predicted molar refractivity (Wildman–Crippen MR) is 84.3 cm³/mol. The number of hydrogen-bond acceptors (Lipinski definition) is 3. The first-order chi connectivity index (χ1) is 9.04. The van der Waals surface area contributed by atoms with Gasteiger partial charge in [0.2, 0.25) is 0 Å². The molecule has 0 aliphatic carbocycles. The lowest BCUT2D eigenvalue weighted by Crippen LogP contribution is -2.16. The molecule has 0 atom stereocenters. The van der Waals surface area contributed by atoms with E-state index in [2.05, 4.69) is 27.3 Å². The van der Waals surface area contributed by atoms with Gasteiger partial charge in [0.1, 0.15) is 0 Å². The summed E-state index contributed by atoms with van der Waals surface area (Å²) in [5, 5.41) is 0. The summed E-state index contributed by atoms with van der Waals surface area (Å²) >= 11 is 2.09. The van der Waals surface area contributed by atoms with Crippen molar-refractivity contribution in [3.63, 3.8) is 0 Å². The van der Waals surface area contributed by atoms with Crippen LogP contribution in [0.1, 0.15) is 5.56 Å². The Labute approximate surface area is 126 Å². The quantitative estimate of drug-likeness (QED) is 0.791. The molecule has 3 N–H and O–H groups in total. The first-order valence-corrected chi connectivity index (χ1v) is 8.16. The van der Waals surface area contributed by atoms with Gasteiger partial charge >= 0.3 is 0 Å². The molecular weight excluding hydrogens is 375 g/mol. The van der Waals surface area contributed by atoms with Crippen LogP contribution in [-0.4, -0.2) is 8.42 Å². The van der Waals surface area contributed by atoms with Crippen LogP contribution in [0.4, 0.5) is 5.69 Å². The molecule has 2 aromatic carbocycles. The number of halogens is 1. The lowest BCUT2D eigenvalue weighted by atomic mass is 10.2. The number of benzene rings is 2. The summed E-state index contributed by atoms with van der Waals surface area (Å²) in [6, 6.07) is 13.9. The van der Waals surface area contributed by atoms with Gasteiger partial charge in [-0.2, -0.15) is 0 Å². The highest BCUT2D eigenvalue weighted by Gasteiger charge is 2.18. The minimum atomic E-state index is -3.61. The van der Waals surface area contributed by atoms with Crippen molar-refractivity contribution in [3.8, 4) is 0 Å². The van der Waals surface area contributed by atoms with Crippen molar-refractivity contribution in [2.75, 3.05) is 4.72 Å². The number of sulfonamides is 1. The fraction of sp³-hybridized carbons (Fsp3) is 0.0769. The third-order valence-corrected chi connectivity index (χ3v) is 5.01. The van der Waals surface area contributed by atoms with Gasteiger partial charge in [0, 0.05) is 10.1 Å². The molecule has 0 aromatic heterocycles. The number of para-hydroxylation sites is 1. The Balaban J connectivity index is 2.41. The standard InChI is InChI=1S/C13H13IN2O2S/c14-11-6-2-3-7-12(11)16-19(17,18)13-8-4-1-5-10(13)9-15/h1-8,16H,9,15H2. The first kappa shape index (κ1) is 14.3. The van der Waals surface area contributed by atoms with Gasteiger partial charge in [-0.05, 0) is 46.4 Å². The van der Waals surface area contributed by atoms with E-state index in [9.17, 15) is 8.42 Å². The smallest absolute Gasteiger partial charge is 0.262 e. The Morgan fingerprint density at radius 2 is 1.68 bits per heavy atom. The first-order valence-electron chi connectivity index (χ1n) is 5.60. The van der Waals surface area contributed by atoms with Gasteiger partial charge in [0.05, 0.1) is 10.6 Å². The molecule has 0 aliphatic heterocycles. The number of nitrogens with one attached hydrogen (secondary N) is 1. The second-order valence-corrected chi connectivity index (χ2v) is 6.71. The van der Waals surface area contributed by atoms with Crippen LogP contribution in [0.3, 0.4) is 0 Å². The zero-order chi connectivity index (χ0) is 13.9. The van der Waals surface area contributed by atoms with Crippen LogP contribution in [-0.2, 0) is 16.6 Å². The summed E-state index contributed by atoms with van der Waals surface area (Å²) in [5.41, 5.74) is 6.74. The second-order valence-electron chi connectivity index (χ2n) is 3.90. The maximum absolute atomic E-state index is 12.4. The highest BCUT2D eigenvalue weighted by atomic mass is 127. The molecular formula is C13H13IN2O2S. The van der Waals surface area contributed by atoms with Gasteiger partial charge in [0.25, 0.3) is 10.0 Å². The maximum atomic E-state index is 12.4. The third kappa shape index (κ3) is 3.26. The summed E-state index contributed by atoms with van der Waals surface area (Å²) in [5.74, 6) is 0. The number of anilines is 1. The summed E-state index contributed by atoms with van der Waals surface area (Å²) in [7, 11) is -3.61. The molecule has 100 valence electrons. The van der Waals surface area contributed by atoms with Crippen molar-refractivity contribution in [2.24, 2.45) is 5.73 Å². The second kappa shape index (κ2) is 5.89. The van der Waals surface area contributed by atoms with Crippen molar-refractivity contribution in [1.82, 2.24) is 0 Å². The molecule has 0 saturated heterocycles. The summed E-state index contributed by atoms with van der Waals surface area (Å²) in [6.45, 7) is 0.183. The molecule has 0 bridgehead atoms. The zero-order valence-corrected chi connectivity index (χ0v) is 13.0. The van der Waals surface area contributed by atoms with Crippen molar-refractivity contribution in [2.45, 2.75) is 11.4 Å². The van der Waals surface area contributed by atoms with Crippen LogP contribution in [0.2, 0.25) is 0 Å². The van der Waals surface area contributed by atoms with Crippen LogP contribution in [0.25, 0.3) is 0 Å². The molecule has 6 heteroatoms. The Kier molecular flexibility index (Phi) is 4.43. The largest absolute Gasteiger partial charge is 0.326 e. The van der Waals surface area contributed by atoms with E-state index in [0.717, 1.165) is 3.57 Å². The third-order valence-electron chi connectivity index (χ3n) is 2.60. The molecule has 0 radical (unpaired) electrons. The molecule has 2 aromatic rings. The molecule has 0 aliphatic rings. The lowest BCUT2D eigenvalue weighted by Gasteiger charge is -2.12. The highest BCUT2D eigenvalue weighted by Crippen LogP contribution is 2.23. The normalized spacial score (nSPS) is 11.3. The molecule has 0 fully saturated rings. The van der Waals surface area contributed by atoms with E-state index >= 15 is 0 Å². The fourth-order valence-corrected chi connectivity index (χ4v) is 3.72. The Morgan fingerprint density at radius 1 is 1.05 bits per heavy atom. The minimum Gasteiger partial charge on any atom is -0.326 e. The van der Waals surface area contributed by atoms with Gasteiger partial charge in [-0.3, -0.25) is 4.72 Å². The minimum absolute atomic E-state index is 0.183. The number of hydrogen-bond donors (Lipinski definition) is 2. The average molecular weight is 388 g/mol. The van der Waals surface area contributed by atoms with E-state index in [4.69, 9.17) is 5.73 Å². The highest BCUT2D eigenvalue weighted by molar-refractivity contribution is 14.1. The average Bonchev–Trinajstić information content (AvgIpc) is 2.41. The predicted octanol–water partition coefficient (Wildman–Crippen LogP) is 2.55. The van der Waals surface area contributed by atoms with Crippen molar-refractivity contribution >= 4 is 38.3 Å². The number of rotatable bonds is 4. The van der Waals surface area contributed by atoms with Gasteiger partial charge in [-0.25, -0.2) is 8.42 Å². The molecule has 19 heavy (non-hydrogen) atoms. The maximum Gasteiger partial charge on any atom is 0.262 e. The van der Waals surface area contributed by atoms with Crippen molar-refractivity contribution < 1.29 is 8.42 Å². The van der Waals surface area contributed by atoms with Gasteiger partial charge < -0.3 is 5.73 Å². The Hall–Kier alpha value is -1.12. The summed E-state index contributed by atoms with van der Waals surface area (Å²) in [4.78, 5) is 0.220. The van der Waals surface area contributed by atoms with Gasteiger partial charge in [-0.15, -0.1) is 0 Å². The lowest BCUT2D eigenvalue weighted by molar-refractivity contribution is 0.600. The van der Waals surface area contributed by atoms with Crippen molar-refractivity contribution in [1.29, 1.82) is 0 Å². The SMILES string of the molecule is NCc1ccccc1S(=O)(=O)Nc1ccccc1I. The topological polar surface area (TPSA) is 72.2 Å². The summed E-state index contributed by atoms with van der Waals surface area (Å²) < 4.78 is 28.2. The molecule has 0 heterocycles. The Morgan fingerprint density at radius 3 is 2.37 bits per heavy atom. The molecule has 2 rings (SSSR count). The van der Waals surface area contributed by atoms with E-state index in [0.29, 0.717) is 11.3 Å². The van der Waals surface area contributed by atoms with E-state index in [1.54, 1.807) is 36.4 Å². The van der Waals surface area contributed by atoms with Crippen LogP contribution in [0.5, 0.6) is 0 Å². The molecule has 0 spiro atoms. The molecule has 0 saturated carbocycles. The monoisotopic (exact) mass is 388 g/mol. The Bertz CT molecular complexity index is 687. The van der Waals surface area contributed by atoms with Gasteiger partial charge in [-0.1, -0.05) is 30.3 Å². The van der Waals surface area contributed by atoms with Crippen LogP contribution in [0, 0.1) is 3.57 Å². The zero-order valence-electron chi connectivity index (χ0n) is 10.0. The summed E-state index contributed by atoms with van der Waals surface area (Å²) in [6.07, 6.45) is 0. The van der Waals surface area contributed by atoms with E-state index in [1.165, 1.54) is 0 Å². The number of nitrogens with two attached hydrogens (primary N) is 1. The van der Waals surface area contributed by atoms with E-state index in [1.807, 2.05) is 12.1 Å². The van der Waals surface area contributed by atoms with Crippen LogP contribution in [0.15, 0.2) is 53.4 Å².